The number of rotatable bonds is 6. The summed E-state index contributed by atoms with van der Waals surface area (Å²) in [6, 6.07) is 9.92. The van der Waals surface area contributed by atoms with Crippen molar-refractivity contribution in [3.63, 3.8) is 0 Å². The second-order valence-corrected chi connectivity index (χ2v) is 5.73. The highest BCUT2D eigenvalue weighted by Crippen LogP contribution is 2.17. The van der Waals surface area contributed by atoms with Crippen molar-refractivity contribution in [1.29, 1.82) is 0 Å². The van der Waals surface area contributed by atoms with E-state index in [1.807, 2.05) is 17.5 Å². The largest absolute Gasteiger partial charge is 0.459 e. The van der Waals surface area contributed by atoms with E-state index in [1.165, 1.54) is 12.1 Å². The Morgan fingerprint density at radius 1 is 1.17 bits per heavy atom. The Kier molecular flexibility index (Phi) is 4.77. The third kappa shape index (κ3) is 4.23. The summed E-state index contributed by atoms with van der Waals surface area (Å²) >= 11 is 1.57. The van der Waals surface area contributed by atoms with Crippen molar-refractivity contribution in [2.45, 2.75) is 13.2 Å². The van der Waals surface area contributed by atoms with Crippen LogP contribution in [0.1, 0.15) is 10.4 Å². The van der Waals surface area contributed by atoms with Gasteiger partial charge in [0, 0.05) is 4.88 Å². The van der Waals surface area contributed by atoms with Crippen molar-refractivity contribution in [2.24, 2.45) is 0 Å². The molecule has 0 radical (unpaired) electrons. The smallest absolute Gasteiger partial charge is 0.318 e. The van der Waals surface area contributed by atoms with Gasteiger partial charge < -0.3 is 10.1 Å². The van der Waals surface area contributed by atoms with Crippen molar-refractivity contribution in [1.82, 2.24) is 9.97 Å². The van der Waals surface area contributed by atoms with E-state index >= 15 is 0 Å². The maximum Gasteiger partial charge on any atom is 0.318 e. The molecule has 3 aromatic rings. The first kappa shape index (κ1) is 15.4. The molecule has 0 saturated carbocycles. The molecule has 4 nitrogen and oxygen atoms in total. The van der Waals surface area contributed by atoms with Gasteiger partial charge in [-0.1, -0.05) is 18.2 Å². The molecule has 0 bridgehead atoms. The van der Waals surface area contributed by atoms with Gasteiger partial charge in [0.15, 0.2) is 11.6 Å². The van der Waals surface area contributed by atoms with E-state index in [9.17, 15) is 8.78 Å². The van der Waals surface area contributed by atoms with Crippen LogP contribution in [0.15, 0.2) is 48.0 Å². The van der Waals surface area contributed by atoms with E-state index in [2.05, 4.69) is 15.3 Å². The third-order valence-corrected chi connectivity index (χ3v) is 3.87. The van der Waals surface area contributed by atoms with Crippen LogP contribution in [-0.2, 0) is 13.2 Å². The van der Waals surface area contributed by atoms with Gasteiger partial charge in [-0.25, -0.2) is 13.8 Å². The van der Waals surface area contributed by atoms with Crippen molar-refractivity contribution >= 4 is 17.2 Å². The van der Waals surface area contributed by atoms with Gasteiger partial charge in [-0.15, -0.1) is 11.3 Å². The van der Waals surface area contributed by atoms with E-state index in [4.69, 9.17) is 4.74 Å². The number of benzene rings is 1. The molecule has 7 heteroatoms. The van der Waals surface area contributed by atoms with Gasteiger partial charge in [0.05, 0.1) is 12.7 Å². The van der Waals surface area contributed by atoms with Crippen LogP contribution in [0.4, 0.5) is 14.6 Å². The maximum atomic E-state index is 13.7. The number of hydrogen-bond donors (Lipinski definition) is 1. The number of hydrogen-bond acceptors (Lipinski definition) is 5. The zero-order valence-electron chi connectivity index (χ0n) is 12.0. The minimum Gasteiger partial charge on any atom is -0.459 e. The summed E-state index contributed by atoms with van der Waals surface area (Å²) in [5.41, 5.74) is 0.644. The van der Waals surface area contributed by atoms with Crippen LogP contribution in [0, 0.1) is 11.6 Å². The number of nitrogens with zero attached hydrogens (tertiary/aromatic N) is 2. The Morgan fingerprint density at radius 2 is 2.09 bits per heavy atom. The lowest BCUT2D eigenvalue weighted by molar-refractivity contribution is 0.279. The summed E-state index contributed by atoms with van der Waals surface area (Å²) in [7, 11) is 0. The number of ether oxygens (including phenoxy) is 1. The average molecular weight is 333 g/mol. The average Bonchev–Trinajstić information content (AvgIpc) is 3.06. The minimum absolute atomic E-state index is 0.0318. The molecule has 118 valence electrons. The Labute approximate surface area is 135 Å². The fraction of sp³-hybridized carbons (Fsp3) is 0.125. The van der Waals surface area contributed by atoms with Crippen molar-refractivity contribution in [2.75, 3.05) is 5.32 Å². The maximum absolute atomic E-state index is 13.7. The molecular weight excluding hydrogens is 320 g/mol. The molecule has 1 aromatic carbocycles. The number of anilines is 1. The minimum atomic E-state index is -0.556. The summed E-state index contributed by atoms with van der Waals surface area (Å²) in [5, 5.41) is 4.85. The standard InChI is InChI=1S/C16H13F2N3OS/c17-12-4-1-3-11(7-12)10-22-16-20-9-14(18)15(21-16)19-8-13-5-2-6-23-13/h1-7,9H,8,10H2,(H,19,20,21). The lowest BCUT2D eigenvalue weighted by Gasteiger charge is -2.08. The monoisotopic (exact) mass is 333 g/mol. The van der Waals surface area contributed by atoms with Gasteiger partial charge in [0.25, 0.3) is 0 Å². The molecule has 0 atom stereocenters. The van der Waals surface area contributed by atoms with Crippen LogP contribution in [0.3, 0.4) is 0 Å². The van der Waals surface area contributed by atoms with E-state index in [-0.39, 0.29) is 24.3 Å². The molecule has 0 saturated heterocycles. The Bertz CT molecular complexity index is 781. The van der Waals surface area contributed by atoms with Crippen molar-refractivity contribution in [3.05, 3.63) is 70.1 Å². The molecule has 0 spiro atoms. The Hall–Kier alpha value is -2.54. The molecule has 0 amide bonds. The van der Waals surface area contributed by atoms with Gasteiger partial charge in [-0.2, -0.15) is 4.98 Å². The number of aromatic nitrogens is 2. The van der Waals surface area contributed by atoms with E-state index < -0.39 is 5.82 Å². The van der Waals surface area contributed by atoms with Crippen LogP contribution in [0.25, 0.3) is 0 Å². The molecule has 0 aliphatic carbocycles. The summed E-state index contributed by atoms with van der Waals surface area (Å²) in [6.45, 7) is 0.572. The first-order valence-corrected chi connectivity index (χ1v) is 7.75. The lowest BCUT2D eigenvalue weighted by atomic mass is 10.2. The SMILES string of the molecule is Fc1cccc(COc2ncc(F)c(NCc3cccs3)n2)c1. The van der Waals surface area contributed by atoms with Gasteiger partial charge in [-0.3, -0.25) is 0 Å². The van der Waals surface area contributed by atoms with Crippen LogP contribution in [0.5, 0.6) is 6.01 Å². The molecule has 0 aliphatic heterocycles. The summed E-state index contributed by atoms with van der Waals surface area (Å²) in [6.07, 6.45) is 1.05. The molecule has 23 heavy (non-hydrogen) atoms. The molecule has 3 rings (SSSR count). The van der Waals surface area contributed by atoms with E-state index in [0.717, 1.165) is 11.1 Å². The van der Waals surface area contributed by atoms with Crippen LogP contribution in [-0.4, -0.2) is 9.97 Å². The quantitative estimate of drug-likeness (QED) is 0.740. The predicted octanol–water partition coefficient (Wildman–Crippen LogP) is 4.01. The van der Waals surface area contributed by atoms with Crippen LogP contribution >= 0.6 is 11.3 Å². The topological polar surface area (TPSA) is 47.0 Å². The molecule has 0 aliphatic rings. The van der Waals surface area contributed by atoms with Gasteiger partial charge in [0.1, 0.15) is 12.4 Å². The summed E-state index contributed by atoms with van der Waals surface area (Å²) in [4.78, 5) is 8.84. The highest BCUT2D eigenvalue weighted by atomic mass is 32.1. The second-order valence-electron chi connectivity index (χ2n) is 4.70. The second kappa shape index (κ2) is 7.15. The molecule has 1 N–H and O–H groups in total. The highest BCUT2D eigenvalue weighted by Gasteiger charge is 2.08. The zero-order chi connectivity index (χ0) is 16.1. The zero-order valence-corrected chi connectivity index (χ0v) is 12.8. The Morgan fingerprint density at radius 3 is 2.87 bits per heavy atom. The number of halogens is 2. The Balaban J connectivity index is 1.64. The molecule has 0 fully saturated rings. The lowest BCUT2D eigenvalue weighted by Crippen LogP contribution is -2.06. The highest BCUT2D eigenvalue weighted by molar-refractivity contribution is 7.09. The first-order chi connectivity index (χ1) is 11.2. The van der Waals surface area contributed by atoms with Crippen LogP contribution < -0.4 is 10.1 Å². The fourth-order valence-electron chi connectivity index (χ4n) is 1.90. The fourth-order valence-corrected chi connectivity index (χ4v) is 2.55. The van der Waals surface area contributed by atoms with Crippen molar-refractivity contribution in [3.8, 4) is 6.01 Å². The predicted molar refractivity (Wildman–Crippen MR) is 84.4 cm³/mol. The van der Waals surface area contributed by atoms with E-state index in [1.54, 1.807) is 23.5 Å². The third-order valence-electron chi connectivity index (χ3n) is 2.99. The van der Waals surface area contributed by atoms with Gasteiger partial charge in [0.2, 0.25) is 0 Å². The summed E-state index contributed by atoms with van der Waals surface area (Å²) < 4.78 is 32.2. The summed E-state index contributed by atoms with van der Waals surface area (Å²) in [5.74, 6) is -0.827. The number of thiophene rings is 1. The first-order valence-electron chi connectivity index (χ1n) is 6.87. The van der Waals surface area contributed by atoms with E-state index in [0.29, 0.717) is 12.1 Å². The van der Waals surface area contributed by atoms with Gasteiger partial charge in [-0.05, 0) is 29.1 Å². The molecule has 2 aromatic heterocycles. The van der Waals surface area contributed by atoms with Crippen LogP contribution in [0.2, 0.25) is 0 Å². The normalized spacial score (nSPS) is 10.5. The van der Waals surface area contributed by atoms with Crippen molar-refractivity contribution < 1.29 is 13.5 Å². The number of nitrogens with one attached hydrogen (secondary N) is 1. The molecule has 2 heterocycles. The molecular formula is C16H13F2N3OS. The molecule has 0 unspecified atom stereocenters. The van der Waals surface area contributed by atoms with Gasteiger partial charge >= 0.3 is 6.01 Å².